The van der Waals surface area contributed by atoms with Crippen LogP contribution in [0.15, 0.2) is 41.4 Å². The number of carbonyl (C=O) groups excluding carboxylic acids is 1. The largest absolute Gasteiger partial charge is 0.352 e. The van der Waals surface area contributed by atoms with E-state index >= 15 is 0 Å². The van der Waals surface area contributed by atoms with Crippen molar-refractivity contribution >= 4 is 17.7 Å². The average molecular weight is 303 g/mol. The number of amides is 1. The highest BCUT2D eigenvalue weighted by atomic mass is 32.2. The second-order valence-electron chi connectivity index (χ2n) is 4.46. The molecule has 1 aromatic carbocycles. The molecule has 0 fully saturated rings. The van der Waals surface area contributed by atoms with E-state index in [4.69, 9.17) is 4.52 Å². The highest BCUT2D eigenvalue weighted by Crippen LogP contribution is 2.18. The first kappa shape index (κ1) is 15.3. The average Bonchev–Trinajstić information content (AvgIpc) is 2.95. The molecule has 1 N–H and O–H groups in total. The summed E-state index contributed by atoms with van der Waals surface area (Å²) in [5.41, 5.74) is 2.10. The SMILES string of the molecule is C=CCNC(=O)CSCc1nc(-c2ccc(C)cc2)no1. The lowest BCUT2D eigenvalue weighted by Crippen LogP contribution is -2.24. The maximum absolute atomic E-state index is 11.4. The lowest BCUT2D eigenvalue weighted by molar-refractivity contribution is -0.118. The summed E-state index contributed by atoms with van der Waals surface area (Å²) in [6.07, 6.45) is 1.65. The van der Waals surface area contributed by atoms with Gasteiger partial charge in [-0.25, -0.2) is 0 Å². The predicted molar refractivity (Wildman–Crippen MR) is 83.8 cm³/mol. The van der Waals surface area contributed by atoms with E-state index in [1.54, 1.807) is 6.08 Å². The first-order chi connectivity index (χ1) is 10.2. The van der Waals surface area contributed by atoms with Gasteiger partial charge in [0.05, 0.1) is 11.5 Å². The maximum atomic E-state index is 11.4. The number of nitrogens with zero attached hydrogens (tertiary/aromatic N) is 2. The van der Waals surface area contributed by atoms with E-state index < -0.39 is 0 Å². The number of thioether (sulfide) groups is 1. The molecule has 1 heterocycles. The van der Waals surface area contributed by atoms with Gasteiger partial charge in [0.25, 0.3) is 0 Å². The van der Waals surface area contributed by atoms with Crippen LogP contribution in [0, 0.1) is 6.92 Å². The van der Waals surface area contributed by atoms with Crippen LogP contribution in [0.1, 0.15) is 11.5 Å². The van der Waals surface area contributed by atoms with Crippen LogP contribution < -0.4 is 5.32 Å². The van der Waals surface area contributed by atoms with Gasteiger partial charge in [-0.05, 0) is 6.92 Å². The first-order valence-electron chi connectivity index (χ1n) is 6.54. The van der Waals surface area contributed by atoms with Crippen molar-refractivity contribution in [1.82, 2.24) is 15.5 Å². The molecule has 0 spiro atoms. The van der Waals surface area contributed by atoms with Crippen molar-refractivity contribution < 1.29 is 9.32 Å². The number of hydrogen-bond acceptors (Lipinski definition) is 5. The Balaban J connectivity index is 1.84. The number of carbonyl (C=O) groups is 1. The Hall–Kier alpha value is -2.08. The second-order valence-corrected chi connectivity index (χ2v) is 5.45. The van der Waals surface area contributed by atoms with Crippen molar-refractivity contribution in [3.8, 4) is 11.4 Å². The van der Waals surface area contributed by atoms with Gasteiger partial charge in [0.2, 0.25) is 17.6 Å². The number of aryl methyl sites for hydroxylation is 1. The number of rotatable bonds is 7. The summed E-state index contributed by atoms with van der Waals surface area (Å²) < 4.78 is 5.18. The Kier molecular flexibility index (Phi) is 5.57. The number of aromatic nitrogens is 2. The number of nitrogens with one attached hydrogen (secondary N) is 1. The smallest absolute Gasteiger partial charge is 0.236 e. The fourth-order valence-electron chi connectivity index (χ4n) is 1.60. The minimum Gasteiger partial charge on any atom is -0.352 e. The van der Waals surface area contributed by atoms with Crippen molar-refractivity contribution in [2.45, 2.75) is 12.7 Å². The van der Waals surface area contributed by atoms with E-state index in [-0.39, 0.29) is 5.91 Å². The quantitative estimate of drug-likeness (QED) is 0.796. The van der Waals surface area contributed by atoms with Crippen molar-refractivity contribution in [3.05, 3.63) is 48.4 Å². The van der Waals surface area contributed by atoms with E-state index in [1.165, 1.54) is 17.3 Å². The molecule has 5 nitrogen and oxygen atoms in total. The summed E-state index contributed by atoms with van der Waals surface area (Å²) in [6.45, 7) is 6.05. The topological polar surface area (TPSA) is 68.0 Å². The van der Waals surface area contributed by atoms with Crippen LogP contribution in [-0.2, 0) is 10.5 Å². The molecule has 2 aromatic rings. The molecule has 0 atom stereocenters. The van der Waals surface area contributed by atoms with Crippen LogP contribution in [-0.4, -0.2) is 28.3 Å². The van der Waals surface area contributed by atoms with Gasteiger partial charge >= 0.3 is 0 Å². The van der Waals surface area contributed by atoms with Gasteiger partial charge in [0.1, 0.15) is 0 Å². The summed E-state index contributed by atoms with van der Waals surface area (Å²) in [6, 6.07) is 7.92. The van der Waals surface area contributed by atoms with Crippen LogP contribution in [0.3, 0.4) is 0 Å². The van der Waals surface area contributed by atoms with Crippen molar-refractivity contribution in [1.29, 1.82) is 0 Å². The Morgan fingerprint density at radius 2 is 2.19 bits per heavy atom. The molecule has 1 amide bonds. The first-order valence-corrected chi connectivity index (χ1v) is 7.69. The van der Waals surface area contributed by atoms with E-state index in [9.17, 15) is 4.79 Å². The van der Waals surface area contributed by atoms with Crippen LogP contribution in [0.4, 0.5) is 0 Å². The summed E-state index contributed by atoms with van der Waals surface area (Å²) in [5.74, 6) is 1.93. The summed E-state index contributed by atoms with van der Waals surface area (Å²) in [4.78, 5) is 15.7. The van der Waals surface area contributed by atoms with Gasteiger partial charge < -0.3 is 9.84 Å². The molecule has 0 bridgehead atoms. The third-order valence-electron chi connectivity index (χ3n) is 2.68. The third-order valence-corrected chi connectivity index (χ3v) is 3.60. The monoisotopic (exact) mass is 303 g/mol. The fraction of sp³-hybridized carbons (Fsp3) is 0.267. The van der Waals surface area contributed by atoms with Gasteiger partial charge in [0, 0.05) is 12.1 Å². The van der Waals surface area contributed by atoms with Gasteiger partial charge in [0.15, 0.2) is 0 Å². The van der Waals surface area contributed by atoms with E-state index in [2.05, 4.69) is 22.0 Å². The maximum Gasteiger partial charge on any atom is 0.236 e. The lowest BCUT2D eigenvalue weighted by Gasteiger charge is -1.99. The third kappa shape index (κ3) is 4.75. The molecular weight excluding hydrogens is 286 g/mol. The summed E-state index contributed by atoms with van der Waals surface area (Å²) >= 11 is 1.43. The molecule has 6 heteroatoms. The molecule has 1 aromatic heterocycles. The molecule has 0 unspecified atom stereocenters. The van der Waals surface area contributed by atoms with Crippen LogP contribution in [0.2, 0.25) is 0 Å². The van der Waals surface area contributed by atoms with Gasteiger partial charge in [-0.2, -0.15) is 4.98 Å². The number of benzene rings is 1. The molecule has 0 saturated heterocycles. The fourth-order valence-corrected chi connectivity index (χ4v) is 2.28. The molecule has 0 saturated carbocycles. The molecule has 0 aliphatic heterocycles. The lowest BCUT2D eigenvalue weighted by atomic mass is 10.1. The minimum absolute atomic E-state index is 0.0295. The Bertz CT molecular complexity index is 608. The van der Waals surface area contributed by atoms with Gasteiger partial charge in [-0.3, -0.25) is 4.79 Å². The van der Waals surface area contributed by atoms with Gasteiger partial charge in [-0.1, -0.05) is 41.1 Å². The molecule has 21 heavy (non-hydrogen) atoms. The highest BCUT2D eigenvalue weighted by Gasteiger charge is 2.09. The van der Waals surface area contributed by atoms with Crippen molar-refractivity contribution in [3.63, 3.8) is 0 Å². The van der Waals surface area contributed by atoms with Crippen LogP contribution in [0.25, 0.3) is 11.4 Å². The molecular formula is C15H17N3O2S. The Morgan fingerprint density at radius 1 is 1.43 bits per heavy atom. The van der Waals surface area contributed by atoms with Crippen LogP contribution in [0.5, 0.6) is 0 Å². The van der Waals surface area contributed by atoms with Crippen molar-refractivity contribution in [2.24, 2.45) is 0 Å². The van der Waals surface area contributed by atoms with Gasteiger partial charge in [-0.15, -0.1) is 18.3 Å². The normalized spacial score (nSPS) is 10.3. The van der Waals surface area contributed by atoms with E-state index in [0.717, 1.165) is 5.56 Å². The zero-order valence-corrected chi connectivity index (χ0v) is 12.7. The Morgan fingerprint density at radius 3 is 2.90 bits per heavy atom. The predicted octanol–water partition coefficient (Wildman–Crippen LogP) is 2.58. The van der Waals surface area contributed by atoms with E-state index in [0.29, 0.717) is 29.8 Å². The second kappa shape index (κ2) is 7.64. The Labute approximate surface area is 127 Å². The van der Waals surface area contributed by atoms with Crippen molar-refractivity contribution in [2.75, 3.05) is 12.3 Å². The van der Waals surface area contributed by atoms with E-state index in [1.807, 2.05) is 31.2 Å². The number of hydrogen-bond donors (Lipinski definition) is 1. The molecule has 0 radical (unpaired) electrons. The molecule has 0 aliphatic carbocycles. The summed E-state index contributed by atoms with van der Waals surface area (Å²) in [7, 11) is 0. The summed E-state index contributed by atoms with van der Waals surface area (Å²) in [5, 5.41) is 6.66. The zero-order valence-electron chi connectivity index (χ0n) is 11.8. The molecule has 2 rings (SSSR count). The molecule has 0 aliphatic rings. The minimum atomic E-state index is -0.0295. The zero-order chi connectivity index (χ0) is 15.1. The standard InChI is InChI=1S/C15H17N3O2S/c1-3-8-16-13(19)9-21-10-14-17-15(18-20-14)12-6-4-11(2)5-7-12/h3-7H,1,8-10H2,2H3,(H,16,19). The highest BCUT2D eigenvalue weighted by molar-refractivity contribution is 7.99. The van der Waals surface area contributed by atoms with Crippen LogP contribution >= 0.6 is 11.8 Å². The molecule has 110 valence electrons.